The number of aromatic amines is 1. The van der Waals surface area contributed by atoms with Crippen LogP contribution in [0, 0.1) is 0 Å². The van der Waals surface area contributed by atoms with E-state index in [4.69, 9.17) is 4.98 Å². The van der Waals surface area contributed by atoms with Crippen LogP contribution < -0.4 is 0 Å². The summed E-state index contributed by atoms with van der Waals surface area (Å²) in [7, 11) is 0. The average Bonchev–Trinajstić information content (AvgIpc) is 3.21. The molecule has 1 heterocycles. The van der Waals surface area contributed by atoms with Crippen molar-refractivity contribution in [3.63, 3.8) is 0 Å². The molecule has 0 aliphatic heterocycles. The summed E-state index contributed by atoms with van der Waals surface area (Å²) >= 11 is 0. The summed E-state index contributed by atoms with van der Waals surface area (Å²) < 4.78 is 0. The Morgan fingerprint density at radius 2 is 1.90 bits per heavy atom. The van der Waals surface area contributed by atoms with E-state index in [1.807, 2.05) is 0 Å². The van der Waals surface area contributed by atoms with E-state index in [0.29, 0.717) is 0 Å². The minimum absolute atomic E-state index is 0.132. The van der Waals surface area contributed by atoms with Crippen molar-refractivity contribution >= 4 is 11.0 Å². The third-order valence-electron chi connectivity index (χ3n) is 4.48. The van der Waals surface area contributed by atoms with Gasteiger partial charge in [0.1, 0.15) is 5.82 Å². The molecule has 2 heteroatoms. The summed E-state index contributed by atoms with van der Waals surface area (Å²) in [5.41, 5.74) is 5.13. The molecular weight excluding hydrogens is 244 g/mol. The molecule has 1 aliphatic rings. The first-order chi connectivity index (χ1) is 9.82. The van der Waals surface area contributed by atoms with Crippen molar-refractivity contribution in [2.45, 2.75) is 31.6 Å². The molecule has 2 aromatic carbocycles. The Hall–Kier alpha value is -2.09. The molecular formula is C18H18N2. The van der Waals surface area contributed by atoms with Gasteiger partial charge in [-0.25, -0.2) is 4.98 Å². The topological polar surface area (TPSA) is 28.7 Å². The van der Waals surface area contributed by atoms with E-state index in [9.17, 15) is 0 Å². The fourth-order valence-corrected chi connectivity index (χ4v) is 3.05. The first kappa shape index (κ1) is 11.7. The number of aromatic nitrogens is 2. The molecule has 0 atom stereocenters. The Morgan fingerprint density at radius 3 is 2.60 bits per heavy atom. The summed E-state index contributed by atoms with van der Waals surface area (Å²) in [6.45, 7) is 2.19. The van der Waals surface area contributed by atoms with E-state index in [1.54, 1.807) is 0 Å². The van der Waals surface area contributed by atoms with Crippen molar-refractivity contribution in [2.24, 2.45) is 0 Å². The standard InChI is InChI=1S/C18H18N2/c1-2-13-8-9-15-16(12-13)20-17(19-15)18(10-11-18)14-6-4-3-5-7-14/h3-9,12H,2,10-11H2,1H3,(H,19,20). The van der Waals surface area contributed by atoms with Crippen LogP contribution in [-0.4, -0.2) is 9.97 Å². The number of benzene rings is 2. The second-order valence-corrected chi connectivity index (χ2v) is 5.74. The summed E-state index contributed by atoms with van der Waals surface area (Å²) in [5.74, 6) is 1.13. The van der Waals surface area contributed by atoms with Crippen LogP contribution in [0.3, 0.4) is 0 Å². The predicted octanol–water partition coefficient (Wildman–Crippen LogP) is 4.21. The van der Waals surface area contributed by atoms with Crippen LogP contribution >= 0.6 is 0 Å². The normalized spacial score (nSPS) is 16.4. The number of H-pyrrole nitrogens is 1. The van der Waals surface area contributed by atoms with Gasteiger partial charge < -0.3 is 4.98 Å². The third kappa shape index (κ3) is 1.68. The van der Waals surface area contributed by atoms with Crippen LogP contribution in [-0.2, 0) is 11.8 Å². The lowest BCUT2D eigenvalue weighted by atomic mass is 9.95. The van der Waals surface area contributed by atoms with E-state index in [2.05, 4.69) is 60.4 Å². The molecule has 3 aromatic rings. The Balaban J connectivity index is 1.83. The number of hydrogen-bond donors (Lipinski definition) is 1. The molecule has 1 aromatic heterocycles. The molecule has 1 saturated carbocycles. The molecule has 1 fully saturated rings. The van der Waals surface area contributed by atoms with Gasteiger partial charge in [0.05, 0.1) is 16.4 Å². The lowest BCUT2D eigenvalue weighted by molar-refractivity contribution is 0.779. The lowest BCUT2D eigenvalue weighted by Crippen LogP contribution is -2.10. The van der Waals surface area contributed by atoms with Gasteiger partial charge in [0.15, 0.2) is 0 Å². The second-order valence-electron chi connectivity index (χ2n) is 5.74. The van der Waals surface area contributed by atoms with Gasteiger partial charge in [-0.1, -0.05) is 43.3 Å². The van der Waals surface area contributed by atoms with Crippen molar-refractivity contribution in [1.82, 2.24) is 9.97 Å². The first-order valence-corrected chi connectivity index (χ1v) is 7.36. The van der Waals surface area contributed by atoms with E-state index in [-0.39, 0.29) is 5.41 Å². The van der Waals surface area contributed by atoms with Crippen LogP contribution in [0.25, 0.3) is 11.0 Å². The van der Waals surface area contributed by atoms with Gasteiger partial charge in [0.2, 0.25) is 0 Å². The SMILES string of the molecule is CCc1ccc2nc(C3(c4ccccc4)CC3)[nH]c2c1. The van der Waals surface area contributed by atoms with Gasteiger partial charge in [0.25, 0.3) is 0 Å². The smallest absolute Gasteiger partial charge is 0.117 e. The number of hydrogen-bond acceptors (Lipinski definition) is 1. The van der Waals surface area contributed by atoms with Crippen molar-refractivity contribution in [1.29, 1.82) is 0 Å². The molecule has 0 radical (unpaired) electrons. The van der Waals surface area contributed by atoms with E-state index in [0.717, 1.165) is 17.8 Å². The average molecular weight is 262 g/mol. The molecule has 0 unspecified atom stereocenters. The fourth-order valence-electron chi connectivity index (χ4n) is 3.05. The van der Waals surface area contributed by atoms with Gasteiger partial charge >= 0.3 is 0 Å². The van der Waals surface area contributed by atoms with E-state index < -0.39 is 0 Å². The maximum absolute atomic E-state index is 4.84. The lowest BCUT2D eigenvalue weighted by Gasteiger charge is -2.12. The first-order valence-electron chi connectivity index (χ1n) is 7.36. The minimum atomic E-state index is 0.132. The molecule has 0 saturated heterocycles. The monoisotopic (exact) mass is 262 g/mol. The van der Waals surface area contributed by atoms with Crippen LogP contribution in [0.4, 0.5) is 0 Å². The van der Waals surface area contributed by atoms with E-state index in [1.165, 1.54) is 29.5 Å². The molecule has 1 N–H and O–H groups in total. The Labute approximate surface area is 118 Å². The largest absolute Gasteiger partial charge is 0.341 e. The molecule has 0 amide bonds. The quantitative estimate of drug-likeness (QED) is 0.752. The number of imidazole rings is 1. The molecule has 100 valence electrons. The highest BCUT2D eigenvalue weighted by atomic mass is 15.0. The molecule has 1 aliphatic carbocycles. The number of nitrogens with zero attached hydrogens (tertiary/aromatic N) is 1. The molecule has 0 spiro atoms. The maximum atomic E-state index is 4.84. The Morgan fingerprint density at radius 1 is 1.10 bits per heavy atom. The van der Waals surface area contributed by atoms with Crippen molar-refractivity contribution in [3.8, 4) is 0 Å². The predicted molar refractivity (Wildman–Crippen MR) is 81.9 cm³/mol. The second kappa shape index (κ2) is 4.20. The minimum Gasteiger partial charge on any atom is -0.341 e. The third-order valence-corrected chi connectivity index (χ3v) is 4.48. The summed E-state index contributed by atoms with van der Waals surface area (Å²) in [6.07, 6.45) is 3.45. The van der Waals surface area contributed by atoms with Crippen molar-refractivity contribution in [3.05, 3.63) is 65.5 Å². The Bertz CT molecular complexity index is 751. The summed E-state index contributed by atoms with van der Waals surface area (Å²) in [5, 5.41) is 0. The number of aryl methyl sites for hydroxylation is 1. The van der Waals surface area contributed by atoms with Crippen LogP contribution in [0.1, 0.15) is 36.7 Å². The fraction of sp³-hybridized carbons (Fsp3) is 0.278. The van der Waals surface area contributed by atoms with Gasteiger partial charge in [-0.2, -0.15) is 0 Å². The number of nitrogens with one attached hydrogen (secondary N) is 1. The zero-order valence-electron chi connectivity index (χ0n) is 11.7. The van der Waals surface area contributed by atoms with Crippen molar-refractivity contribution < 1.29 is 0 Å². The highest BCUT2D eigenvalue weighted by Crippen LogP contribution is 2.52. The number of fused-ring (bicyclic) bond motifs is 1. The van der Waals surface area contributed by atoms with Crippen LogP contribution in [0.15, 0.2) is 48.5 Å². The maximum Gasteiger partial charge on any atom is 0.117 e. The highest BCUT2D eigenvalue weighted by molar-refractivity contribution is 5.76. The van der Waals surface area contributed by atoms with Crippen molar-refractivity contribution in [2.75, 3.05) is 0 Å². The summed E-state index contributed by atoms with van der Waals surface area (Å²) in [6, 6.07) is 17.3. The van der Waals surface area contributed by atoms with Gasteiger partial charge in [0, 0.05) is 0 Å². The van der Waals surface area contributed by atoms with Gasteiger partial charge in [-0.15, -0.1) is 0 Å². The van der Waals surface area contributed by atoms with E-state index >= 15 is 0 Å². The highest BCUT2D eigenvalue weighted by Gasteiger charge is 2.48. The van der Waals surface area contributed by atoms with Crippen LogP contribution in [0.5, 0.6) is 0 Å². The molecule has 0 bridgehead atoms. The Kier molecular flexibility index (Phi) is 2.46. The molecule has 20 heavy (non-hydrogen) atoms. The zero-order valence-corrected chi connectivity index (χ0v) is 11.7. The van der Waals surface area contributed by atoms with Crippen LogP contribution in [0.2, 0.25) is 0 Å². The molecule has 2 nitrogen and oxygen atoms in total. The summed E-state index contributed by atoms with van der Waals surface area (Å²) in [4.78, 5) is 8.40. The van der Waals surface area contributed by atoms with Gasteiger partial charge in [-0.3, -0.25) is 0 Å². The van der Waals surface area contributed by atoms with Gasteiger partial charge in [-0.05, 0) is 42.5 Å². The number of rotatable bonds is 3. The molecule has 4 rings (SSSR count). The zero-order chi connectivity index (χ0) is 13.6.